The highest BCUT2D eigenvalue weighted by atomic mass is 16.7. The minimum Gasteiger partial charge on any atom is -0.465 e. The van der Waals surface area contributed by atoms with E-state index >= 15 is 0 Å². The second-order valence-corrected chi connectivity index (χ2v) is 13.3. The lowest BCUT2D eigenvalue weighted by Gasteiger charge is -2.47. The number of carbonyl (C=O) groups is 5. The average molecular weight is 702 g/mol. The molecule has 2 aliphatic carbocycles. The predicted molar refractivity (Wildman–Crippen MR) is 171 cm³/mol. The summed E-state index contributed by atoms with van der Waals surface area (Å²) in [6, 6.07) is -1.08. The molecule has 6 atom stereocenters. The summed E-state index contributed by atoms with van der Waals surface area (Å²) in [7, 11) is 0. The van der Waals surface area contributed by atoms with Crippen molar-refractivity contribution in [3.05, 3.63) is 0 Å². The molecule has 0 aromatic heterocycles. The maximum atomic E-state index is 13.0. The zero-order valence-corrected chi connectivity index (χ0v) is 28.4. The van der Waals surface area contributed by atoms with Crippen molar-refractivity contribution in [1.29, 1.82) is 0 Å². The van der Waals surface area contributed by atoms with Crippen LogP contribution >= 0.6 is 0 Å². The van der Waals surface area contributed by atoms with Crippen LogP contribution in [0.15, 0.2) is 0 Å². The van der Waals surface area contributed by atoms with Crippen LogP contribution in [0.5, 0.6) is 0 Å². The van der Waals surface area contributed by atoms with Gasteiger partial charge in [0.1, 0.15) is 24.4 Å². The molecular weight excluding hydrogens is 646 g/mol. The normalized spacial score (nSPS) is 27.0. The summed E-state index contributed by atoms with van der Waals surface area (Å²) in [5.41, 5.74) is -2.54. The first kappa shape index (κ1) is 40.5. The van der Waals surface area contributed by atoms with Crippen molar-refractivity contribution in [2.24, 2.45) is 11.8 Å². The largest absolute Gasteiger partial charge is 0.465 e. The van der Waals surface area contributed by atoms with Gasteiger partial charge in [0.25, 0.3) is 0 Å². The molecule has 1 unspecified atom stereocenters. The summed E-state index contributed by atoms with van der Waals surface area (Å²) in [5.74, 6) is -2.34. The molecular formula is C33H55N3O13. The van der Waals surface area contributed by atoms with Crippen LogP contribution in [-0.2, 0) is 42.9 Å². The SMILES string of the molecule is CC(=O)N[C@]1(O)[C@H](OCCNC(=O)CCC(=O)NC(CCC(=O)OCC2CCCCC2)C(=O)OCC2CCCCC2)O[C@H](CO)[C@H](O)[C@@H]1O. The van der Waals surface area contributed by atoms with E-state index in [1.54, 1.807) is 0 Å². The number of ether oxygens (including phenoxy) is 4. The highest BCUT2D eigenvalue weighted by Crippen LogP contribution is 2.29. The van der Waals surface area contributed by atoms with E-state index in [2.05, 4.69) is 16.0 Å². The predicted octanol–water partition coefficient (Wildman–Crippen LogP) is -0.325. The number of rotatable bonds is 18. The van der Waals surface area contributed by atoms with Crippen LogP contribution in [0.3, 0.4) is 0 Å². The van der Waals surface area contributed by atoms with Crippen LogP contribution in [0.1, 0.15) is 96.8 Å². The van der Waals surface area contributed by atoms with Crippen LogP contribution < -0.4 is 16.0 Å². The molecule has 3 rings (SSSR count). The number of hydrogen-bond acceptors (Lipinski definition) is 13. The zero-order valence-electron chi connectivity index (χ0n) is 28.4. The number of nitrogens with one attached hydrogen (secondary N) is 3. The second-order valence-electron chi connectivity index (χ2n) is 13.3. The standard InChI is InChI=1S/C33H55N3O13/c1-21(38)36-33(45)30(43)29(42)25(18-37)49-32(33)46-17-16-34-26(39)13-14-27(40)35-24(31(44)48-20-23-10-6-3-7-11-23)12-15-28(41)47-19-22-8-4-2-5-9-22/h22-25,29-30,32,37,42-43,45H,2-20H2,1H3,(H,34,39)(H,35,40)(H,36,38)/t24?,25-,29+,30+,32-,33-/m1/s1. The van der Waals surface area contributed by atoms with Crippen molar-refractivity contribution in [3.8, 4) is 0 Å². The minimum atomic E-state index is -2.54. The fourth-order valence-electron chi connectivity index (χ4n) is 6.42. The van der Waals surface area contributed by atoms with E-state index < -0.39 is 72.6 Å². The van der Waals surface area contributed by atoms with Gasteiger partial charge in [0, 0.05) is 32.7 Å². The number of aliphatic hydroxyl groups excluding tert-OH is 3. The summed E-state index contributed by atoms with van der Waals surface area (Å²) < 4.78 is 21.7. The monoisotopic (exact) mass is 701 g/mol. The number of hydrogen-bond donors (Lipinski definition) is 7. The third kappa shape index (κ3) is 13.4. The molecule has 1 aliphatic heterocycles. The smallest absolute Gasteiger partial charge is 0.328 e. The molecule has 49 heavy (non-hydrogen) atoms. The molecule has 3 fully saturated rings. The van der Waals surface area contributed by atoms with Gasteiger partial charge in [-0.1, -0.05) is 38.5 Å². The van der Waals surface area contributed by atoms with Crippen LogP contribution in [0.25, 0.3) is 0 Å². The van der Waals surface area contributed by atoms with Crippen molar-refractivity contribution in [1.82, 2.24) is 16.0 Å². The van der Waals surface area contributed by atoms with Crippen LogP contribution in [0, 0.1) is 11.8 Å². The Hall–Kier alpha value is -2.89. The Morgan fingerprint density at radius 3 is 2.04 bits per heavy atom. The third-order valence-corrected chi connectivity index (χ3v) is 9.29. The number of amides is 3. The molecule has 0 radical (unpaired) electrons. The fraction of sp³-hybridized carbons (Fsp3) is 0.848. The first-order valence-electron chi connectivity index (χ1n) is 17.6. The van der Waals surface area contributed by atoms with E-state index in [0.717, 1.165) is 64.7 Å². The highest BCUT2D eigenvalue weighted by molar-refractivity contribution is 5.87. The van der Waals surface area contributed by atoms with Crippen LogP contribution in [0.4, 0.5) is 0 Å². The van der Waals surface area contributed by atoms with Gasteiger partial charge in [-0.05, 0) is 43.9 Å². The van der Waals surface area contributed by atoms with Gasteiger partial charge in [0.2, 0.25) is 29.7 Å². The number of aliphatic hydroxyl groups is 4. The first-order valence-corrected chi connectivity index (χ1v) is 17.6. The maximum absolute atomic E-state index is 13.0. The Morgan fingerprint density at radius 1 is 0.857 bits per heavy atom. The van der Waals surface area contributed by atoms with E-state index in [4.69, 9.17) is 18.9 Å². The van der Waals surface area contributed by atoms with E-state index in [1.807, 2.05) is 0 Å². The molecule has 3 amide bonds. The molecule has 1 heterocycles. The van der Waals surface area contributed by atoms with Gasteiger partial charge in [-0.2, -0.15) is 0 Å². The Balaban J connectivity index is 1.44. The van der Waals surface area contributed by atoms with Gasteiger partial charge >= 0.3 is 11.9 Å². The Labute approximate surface area is 286 Å². The van der Waals surface area contributed by atoms with Crippen molar-refractivity contribution in [2.45, 2.75) is 133 Å². The summed E-state index contributed by atoms with van der Waals surface area (Å²) in [4.78, 5) is 62.3. The van der Waals surface area contributed by atoms with Gasteiger partial charge in [0.05, 0.1) is 26.4 Å². The lowest BCUT2D eigenvalue weighted by atomic mass is 9.90. The van der Waals surface area contributed by atoms with E-state index in [-0.39, 0.29) is 51.4 Å². The lowest BCUT2D eigenvalue weighted by Crippen LogP contribution is -2.73. The van der Waals surface area contributed by atoms with Crippen molar-refractivity contribution >= 4 is 29.7 Å². The molecule has 16 nitrogen and oxygen atoms in total. The molecule has 280 valence electrons. The lowest BCUT2D eigenvalue weighted by molar-refractivity contribution is -0.347. The quantitative estimate of drug-likeness (QED) is 0.0552. The van der Waals surface area contributed by atoms with Crippen molar-refractivity contribution in [2.75, 3.05) is 33.0 Å². The zero-order chi connectivity index (χ0) is 35.8. The van der Waals surface area contributed by atoms with Crippen LogP contribution in [-0.4, -0.2) is 119 Å². The average Bonchev–Trinajstić information content (AvgIpc) is 3.09. The molecule has 0 aromatic carbocycles. The molecule has 1 saturated heterocycles. The third-order valence-electron chi connectivity index (χ3n) is 9.29. The maximum Gasteiger partial charge on any atom is 0.328 e. The van der Waals surface area contributed by atoms with E-state index in [9.17, 15) is 44.4 Å². The summed E-state index contributed by atoms with van der Waals surface area (Å²) in [6.45, 7) is 0.542. The molecule has 7 N–H and O–H groups in total. The first-order chi connectivity index (χ1) is 23.4. The summed E-state index contributed by atoms with van der Waals surface area (Å²) >= 11 is 0. The van der Waals surface area contributed by atoms with Gasteiger partial charge < -0.3 is 55.3 Å². The van der Waals surface area contributed by atoms with Gasteiger partial charge in [-0.15, -0.1) is 0 Å². The molecule has 0 aromatic rings. The molecule has 16 heteroatoms. The van der Waals surface area contributed by atoms with Crippen LogP contribution in [0.2, 0.25) is 0 Å². The van der Waals surface area contributed by atoms with Crippen molar-refractivity contribution < 1.29 is 63.3 Å². The van der Waals surface area contributed by atoms with Crippen molar-refractivity contribution in [3.63, 3.8) is 0 Å². The Morgan fingerprint density at radius 2 is 1.45 bits per heavy atom. The van der Waals surface area contributed by atoms with E-state index in [1.165, 1.54) is 6.42 Å². The minimum absolute atomic E-state index is 0.000784. The van der Waals surface area contributed by atoms with Gasteiger partial charge in [-0.3, -0.25) is 19.2 Å². The van der Waals surface area contributed by atoms with Gasteiger partial charge in [0.15, 0.2) is 0 Å². The Bertz CT molecular complexity index is 1080. The van der Waals surface area contributed by atoms with Gasteiger partial charge in [-0.25, -0.2) is 4.79 Å². The summed E-state index contributed by atoms with van der Waals surface area (Å²) in [6.07, 6.45) is 3.45. The highest BCUT2D eigenvalue weighted by Gasteiger charge is 2.56. The number of carbonyl (C=O) groups excluding carboxylic acids is 5. The second kappa shape index (κ2) is 20.7. The fourth-order valence-corrected chi connectivity index (χ4v) is 6.42. The number of esters is 2. The molecule has 0 spiro atoms. The molecule has 2 saturated carbocycles. The molecule has 0 bridgehead atoms. The summed E-state index contributed by atoms with van der Waals surface area (Å²) in [5, 5.41) is 47.9. The Kier molecular flexibility index (Phi) is 17.1. The van der Waals surface area contributed by atoms with E-state index in [0.29, 0.717) is 12.5 Å². The molecule has 3 aliphatic rings. The topological polar surface area (TPSA) is 239 Å².